The van der Waals surface area contributed by atoms with E-state index in [1.807, 2.05) is 32.0 Å². The molecule has 1 aromatic heterocycles. The smallest absolute Gasteiger partial charge is 0.295 e. The Bertz CT molecular complexity index is 873. The van der Waals surface area contributed by atoms with Gasteiger partial charge in [-0.25, -0.2) is 4.79 Å². The van der Waals surface area contributed by atoms with E-state index in [0.717, 1.165) is 16.6 Å². The van der Waals surface area contributed by atoms with Gasteiger partial charge in [0, 0.05) is 12.5 Å². The van der Waals surface area contributed by atoms with Crippen molar-refractivity contribution >= 4 is 22.8 Å². The maximum Gasteiger partial charge on any atom is 0.330 e. The van der Waals surface area contributed by atoms with E-state index >= 15 is 0 Å². The minimum absolute atomic E-state index is 0.0190. The number of piperidine rings is 1. The van der Waals surface area contributed by atoms with Gasteiger partial charge in [-0.15, -0.1) is 0 Å². The number of hydrogen-bond acceptors (Lipinski definition) is 3. The van der Waals surface area contributed by atoms with Crippen LogP contribution < -0.4 is 11.0 Å². The zero-order valence-corrected chi connectivity index (χ0v) is 14.5. The molecule has 2 amide bonds. The van der Waals surface area contributed by atoms with Crippen molar-refractivity contribution in [3.63, 3.8) is 0 Å². The second-order valence-electron chi connectivity index (χ2n) is 6.95. The molecule has 1 aliphatic heterocycles. The van der Waals surface area contributed by atoms with Crippen LogP contribution in [0.1, 0.15) is 64.1 Å². The Hall–Kier alpha value is -2.37. The normalized spacial score (nSPS) is 18.7. The standard InChI is InChI=1S/C18H23N3O3/c1-10(2)12-6-5-7-13-16(12)20(11(3)4)18(24)21(13)14-8-9-15(22)19-17(14)23/h5-7,10-11,14H,8-9H2,1-4H3,(H,19,22,23). The molecule has 1 saturated heterocycles. The van der Waals surface area contributed by atoms with E-state index in [0.29, 0.717) is 6.42 Å². The first kappa shape index (κ1) is 16.5. The minimum Gasteiger partial charge on any atom is -0.295 e. The molecule has 1 aliphatic rings. The molecular formula is C18H23N3O3. The fraction of sp³-hybridized carbons (Fsp3) is 0.500. The van der Waals surface area contributed by atoms with Crippen molar-refractivity contribution in [1.82, 2.24) is 14.5 Å². The van der Waals surface area contributed by atoms with Gasteiger partial charge >= 0.3 is 5.69 Å². The highest BCUT2D eigenvalue weighted by molar-refractivity contribution is 6.00. The Morgan fingerprint density at radius 1 is 1.12 bits per heavy atom. The van der Waals surface area contributed by atoms with Crippen LogP contribution in [-0.2, 0) is 9.59 Å². The number of hydrogen-bond donors (Lipinski definition) is 1. The minimum atomic E-state index is -0.639. The average molecular weight is 329 g/mol. The third kappa shape index (κ3) is 2.46. The molecule has 1 N–H and O–H groups in total. The van der Waals surface area contributed by atoms with Gasteiger partial charge in [-0.2, -0.15) is 0 Å². The summed E-state index contributed by atoms with van der Waals surface area (Å²) in [6.45, 7) is 8.11. The van der Waals surface area contributed by atoms with E-state index in [4.69, 9.17) is 0 Å². The van der Waals surface area contributed by atoms with Crippen LogP contribution in [-0.4, -0.2) is 20.9 Å². The predicted molar refractivity (Wildman–Crippen MR) is 92.1 cm³/mol. The van der Waals surface area contributed by atoms with Crippen molar-refractivity contribution in [3.05, 3.63) is 34.2 Å². The first-order valence-electron chi connectivity index (χ1n) is 8.42. The molecule has 2 heterocycles. The van der Waals surface area contributed by atoms with Gasteiger partial charge in [0.25, 0.3) is 0 Å². The van der Waals surface area contributed by atoms with E-state index in [9.17, 15) is 14.4 Å². The summed E-state index contributed by atoms with van der Waals surface area (Å²) >= 11 is 0. The van der Waals surface area contributed by atoms with Gasteiger partial charge in [0.1, 0.15) is 6.04 Å². The number of benzene rings is 1. The number of carbonyl (C=O) groups is 2. The van der Waals surface area contributed by atoms with Crippen LogP contribution in [0.2, 0.25) is 0 Å². The highest BCUT2D eigenvalue weighted by atomic mass is 16.2. The van der Waals surface area contributed by atoms with Gasteiger partial charge < -0.3 is 0 Å². The molecule has 0 aliphatic carbocycles. The van der Waals surface area contributed by atoms with E-state index in [1.165, 1.54) is 0 Å². The predicted octanol–water partition coefficient (Wildman–Crippen LogP) is 2.48. The van der Waals surface area contributed by atoms with Gasteiger partial charge in [0.15, 0.2) is 0 Å². The molecule has 128 valence electrons. The Kier molecular flexibility index (Phi) is 4.07. The lowest BCUT2D eigenvalue weighted by Crippen LogP contribution is -2.44. The molecule has 3 rings (SSSR count). The number of aromatic nitrogens is 2. The second-order valence-corrected chi connectivity index (χ2v) is 6.95. The molecule has 1 unspecified atom stereocenters. The van der Waals surface area contributed by atoms with Crippen molar-refractivity contribution in [2.75, 3.05) is 0 Å². The van der Waals surface area contributed by atoms with Crippen molar-refractivity contribution in [2.24, 2.45) is 0 Å². The van der Waals surface area contributed by atoms with Crippen LogP contribution in [0, 0.1) is 0 Å². The molecule has 0 radical (unpaired) electrons. The van der Waals surface area contributed by atoms with Crippen LogP contribution >= 0.6 is 0 Å². The number of rotatable bonds is 3. The molecule has 0 bridgehead atoms. The molecule has 1 fully saturated rings. The third-order valence-corrected chi connectivity index (χ3v) is 4.62. The molecular weight excluding hydrogens is 306 g/mol. The molecule has 6 nitrogen and oxygen atoms in total. The number of imide groups is 1. The molecule has 0 saturated carbocycles. The number of para-hydroxylation sites is 1. The van der Waals surface area contributed by atoms with E-state index in [2.05, 4.69) is 19.2 Å². The van der Waals surface area contributed by atoms with Crippen molar-refractivity contribution in [2.45, 2.75) is 58.5 Å². The van der Waals surface area contributed by atoms with Crippen LogP contribution in [0.25, 0.3) is 11.0 Å². The summed E-state index contributed by atoms with van der Waals surface area (Å²) in [7, 11) is 0. The summed E-state index contributed by atoms with van der Waals surface area (Å²) in [5.74, 6) is -0.415. The topological polar surface area (TPSA) is 73.1 Å². The largest absolute Gasteiger partial charge is 0.330 e. The Morgan fingerprint density at radius 2 is 1.83 bits per heavy atom. The number of fused-ring (bicyclic) bond motifs is 1. The van der Waals surface area contributed by atoms with Crippen LogP contribution in [0.15, 0.2) is 23.0 Å². The molecule has 24 heavy (non-hydrogen) atoms. The molecule has 1 atom stereocenters. The highest BCUT2D eigenvalue weighted by Crippen LogP contribution is 2.30. The van der Waals surface area contributed by atoms with Gasteiger partial charge in [-0.1, -0.05) is 26.0 Å². The van der Waals surface area contributed by atoms with Gasteiger partial charge in [0.05, 0.1) is 11.0 Å². The van der Waals surface area contributed by atoms with E-state index < -0.39 is 11.9 Å². The number of carbonyl (C=O) groups excluding carboxylic acids is 2. The van der Waals surface area contributed by atoms with Crippen molar-refractivity contribution < 1.29 is 9.59 Å². The molecule has 2 aromatic rings. The molecule has 6 heteroatoms. The maximum atomic E-state index is 13.1. The fourth-order valence-electron chi connectivity index (χ4n) is 3.49. The van der Waals surface area contributed by atoms with Crippen LogP contribution in [0.3, 0.4) is 0 Å². The first-order valence-corrected chi connectivity index (χ1v) is 8.42. The Balaban J connectivity index is 2.32. The lowest BCUT2D eigenvalue weighted by Gasteiger charge is -2.22. The third-order valence-electron chi connectivity index (χ3n) is 4.62. The van der Waals surface area contributed by atoms with Crippen molar-refractivity contribution in [1.29, 1.82) is 0 Å². The lowest BCUT2D eigenvalue weighted by molar-refractivity contribution is -0.135. The Morgan fingerprint density at radius 3 is 2.42 bits per heavy atom. The zero-order valence-electron chi connectivity index (χ0n) is 14.5. The number of nitrogens with zero attached hydrogens (tertiary/aromatic N) is 2. The highest BCUT2D eigenvalue weighted by Gasteiger charge is 2.32. The van der Waals surface area contributed by atoms with Crippen LogP contribution in [0.5, 0.6) is 0 Å². The summed E-state index contributed by atoms with van der Waals surface area (Å²) in [4.78, 5) is 36.8. The summed E-state index contributed by atoms with van der Waals surface area (Å²) in [5.41, 5.74) is 2.54. The number of amides is 2. The zero-order chi connectivity index (χ0) is 17.6. The monoisotopic (exact) mass is 329 g/mol. The fourth-order valence-corrected chi connectivity index (χ4v) is 3.49. The SMILES string of the molecule is CC(C)c1cccc2c1n(C(C)C)c(=O)n2C1CCC(=O)NC1=O. The second kappa shape index (κ2) is 5.92. The molecule has 0 spiro atoms. The van der Waals surface area contributed by atoms with Gasteiger partial charge in [-0.3, -0.25) is 24.0 Å². The Labute approximate surface area is 140 Å². The summed E-state index contributed by atoms with van der Waals surface area (Å²) in [5, 5.41) is 2.35. The average Bonchev–Trinajstić information content (AvgIpc) is 2.79. The number of nitrogens with one attached hydrogen (secondary N) is 1. The quantitative estimate of drug-likeness (QED) is 0.879. The number of imidazole rings is 1. The van der Waals surface area contributed by atoms with E-state index in [1.54, 1.807) is 9.13 Å². The molecule has 1 aromatic carbocycles. The lowest BCUT2D eigenvalue weighted by atomic mass is 10.0. The van der Waals surface area contributed by atoms with Gasteiger partial charge in [-0.05, 0) is 37.8 Å². The maximum absolute atomic E-state index is 13.1. The first-order chi connectivity index (χ1) is 11.3. The summed E-state index contributed by atoms with van der Waals surface area (Å²) in [6.07, 6.45) is 0.606. The van der Waals surface area contributed by atoms with Gasteiger partial charge in [0.2, 0.25) is 11.8 Å². The van der Waals surface area contributed by atoms with E-state index in [-0.39, 0.29) is 30.0 Å². The van der Waals surface area contributed by atoms with Crippen LogP contribution in [0.4, 0.5) is 0 Å². The van der Waals surface area contributed by atoms with Crippen molar-refractivity contribution in [3.8, 4) is 0 Å². The summed E-state index contributed by atoms with van der Waals surface area (Å²) in [6, 6.07) is 5.17. The summed E-state index contributed by atoms with van der Waals surface area (Å²) < 4.78 is 3.32.